The fourth-order valence-electron chi connectivity index (χ4n) is 1.33. The van der Waals surface area contributed by atoms with Crippen molar-refractivity contribution in [3.05, 3.63) is 22.4 Å². The quantitative estimate of drug-likeness (QED) is 0.679. The van der Waals surface area contributed by atoms with E-state index in [9.17, 15) is 9.59 Å². The summed E-state index contributed by atoms with van der Waals surface area (Å²) >= 11 is 1.44. The van der Waals surface area contributed by atoms with E-state index in [1.54, 1.807) is 11.4 Å². The van der Waals surface area contributed by atoms with Crippen LogP contribution >= 0.6 is 11.3 Å². The van der Waals surface area contributed by atoms with Crippen LogP contribution in [0.2, 0.25) is 0 Å². The summed E-state index contributed by atoms with van der Waals surface area (Å²) in [6, 6.07) is 1.71. The number of hydrogen-bond donors (Lipinski definition) is 3. The third-order valence-electron chi connectivity index (χ3n) is 2.46. The number of rotatable bonds is 7. The van der Waals surface area contributed by atoms with Gasteiger partial charge in [0, 0.05) is 24.1 Å². The van der Waals surface area contributed by atoms with Crippen LogP contribution in [0, 0.1) is 5.92 Å². The zero-order valence-electron chi connectivity index (χ0n) is 10.3. The first-order chi connectivity index (χ1) is 8.63. The molecule has 5 nitrogen and oxygen atoms in total. The molecule has 0 aromatic carbocycles. The highest BCUT2D eigenvalue weighted by molar-refractivity contribution is 7.08. The minimum absolute atomic E-state index is 0.0273. The molecule has 2 amide bonds. The van der Waals surface area contributed by atoms with Crippen molar-refractivity contribution >= 4 is 23.2 Å². The largest absolute Gasteiger partial charge is 0.396 e. The van der Waals surface area contributed by atoms with E-state index in [0.29, 0.717) is 18.5 Å². The second kappa shape index (κ2) is 7.84. The van der Waals surface area contributed by atoms with Gasteiger partial charge < -0.3 is 15.7 Å². The number of hydrogen-bond acceptors (Lipinski definition) is 4. The molecular weight excluding hydrogens is 252 g/mol. The molecule has 1 unspecified atom stereocenters. The third-order valence-corrected chi connectivity index (χ3v) is 3.15. The van der Waals surface area contributed by atoms with E-state index in [1.165, 1.54) is 11.3 Å². The Morgan fingerprint density at radius 2 is 2.22 bits per heavy atom. The summed E-state index contributed by atoms with van der Waals surface area (Å²) in [7, 11) is 0. The number of carbonyl (C=O) groups is 2. The van der Waals surface area contributed by atoms with Gasteiger partial charge in [-0.3, -0.25) is 9.59 Å². The van der Waals surface area contributed by atoms with Gasteiger partial charge in [0.25, 0.3) is 5.91 Å². The Balaban J connectivity index is 2.19. The molecule has 0 bridgehead atoms. The Kier molecular flexibility index (Phi) is 6.38. The van der Waals surface area contributed by atoms with Gasteiger partial charge in [0.1, 0.15) is 0 Å². The summed E-state index contributed by atoms with van der Waals surface area (Å²) in [5.41, 5.74) is 0.571. The molecule has 0 aliphatic rings. The molecule has 1 heterocycles. The van der Waals surface area contributed by atoms with Crippen molar-refractivity contribution < 1.29 is 14.7 Å². The first-order valence-corrected chi connectivity index (χ1v) is 6.75. The molecule has 18 heavy (non-hydrogen) atoms. The zero-order valence-corrected chi connectivity index (χ0v) is 11.1. The van der Waals surface area contributed by atoms with Gasteiger partial charge in [-0.2, -0.15) is 11.3 Å². The second-order valence-corrected chi connectivity index (χ2v) is 4.90. The van der Waals surface area contributed by atoms with Gasteiger partial charge in [0.05, 0.1) is 6.54 Å². The van der Waals surface area contributed by atoms with Crippen molar-refractivity contribution in [1.82, 2.24) is 10.6 Å². The molecule has 0 fully saturated rings. The van der Waals surface area contributed by atoms with Crippen LogP contribution in [-0.4, -0.2) is 36.6 Å². The Labute approximate surface area is 110 Å². The van der Waals surface area contributed by atoms with Gasteiger partial charge in [0.2, 0.25) is 5.91 Å². The van der Waals surface area contributed by atoms with Crippen LogP contribution in [-0.2, 0) is 4.79 Å². The van der Waals surface area contributed by atoms with Gasteiger partial charge in [-0.25, -0.2) is 0 Å². The molecule has 0 saturated carbocycles. The molecule has 0 aliphatic heterocycles. The first kappa shape index (κ1) is 14.7. The van der Waals surface area contributed by atoms with E-state index < -0.39 is 0 Å². The van der Waals surface area contributed by atoms with Crippen molar-refractivity contribution in [2.24, 2.45) is 5.92 Å². The smallest absolute Gasteiger partial charge is 0.252 e. The van der Waals surface area contributed by atoms with E-state index in [2.05, 4.69) is 10.6 Å². The number of aliphatic hydroxyl groups is 1. The van der Waals surface area contributed by atoms with E-state index in [1.807, 2.05) is 12.3 Å². The Hall–Kier alpha value is -1.40. The maximum atomic E-state index is 11.5. The van der Waals surface area contributed by atoms with Crippen LogP contribution in [0.15, 0.2) is 16.8 Å². The third kappa shape index (κ3) is 5.29. The van der Waals surface area contributed by atoms with Crippen LogP contribution in [0.1, 0.15) is 23.7 Å². The lowest BCUT2D eigenvalue weighted by molar-refractivity contribution is -0.120. The lowest BCUT2D eigenvalue weighted by Crippen LogP contribution is -2.38. The number of aliphatic hydroxyl groups excluding tert-OH is 1. The van der Waals surface area contributed by atoms with Crippen molar-refractivity contribution in [3.8, 4) is 0 Å². The number of carbonyl (C=O) groups excluding carboxylic acids is 2. The molecule has 1 rings (SSSR count). The van der Waals surface area contributed by atoms with Crippen LogP contribution in [0.4, 0.5) is 0 Å². The lowest BCUT2D eigenvalue weighted by atomic mass is 10.1. The summed E-state index contributed by atoms with van der Waals surface area (Å²) < 4.78 is 0. The molecule has 100 valence electrons. The SMILES string of the molecule is CC(CCO)CNC(=O)CNC(=O)c1ccsc1. The normalized spacial score (nSPS) is 11.9. The molecule has 0 spiro atoms. The van der Waals surface area contributed by atoms with Gasteiger partial charge >= 0.3 is 0 Å². The molecule has 3 N–H and O–H groups in total. The number of nitrogens with one attached hydrogen (secondary N) is 2. The molecule has 1 atom stereocenters. The van der Waals surface area contributed by atoms with Crippen LogP contribution in [0.5, 0.6) is 0 Å². The van der Waals surface area contributed by atoms with E-state index in [0.717, 1.165) is 0 Å². The molecule has 1 aromatic rings. The van der Waals surface area contributed by atoms with Crippen molar-refractivity contribution in [2.75, 3.05) is 19.7 Å². The van der Waals surface area contributed by atoms with Gasteiger partial charge in [-0.15, -0.1) is 0 Å². The average Bonchev–Trinajstić information content (AvgIpc) is 2.87. The summed E-state index contributed by atoms with van der Waals surface area (Å²) in [6.07, 6.45) is 0.654. The highest BCUT2D eigenvalue weighted by Gasteiger charge is 2.09. The Morgan fingerprint density at radius 1 is 1.44 bits per heavy atom. The highest BCUT2D eigenvalue weighted by atomic mass is 32.1. The number of amides is 2. The molecule has 1 aromatic heterocycles. The fraction of sp³-hybridized carbons (Fsp3) is 0.500. The van der Waals surface area contributed by atoms with Crippen LogP contribution < -0.4 is 10.6 Å². The molecule has 6 heteroatoms. The minimum atomic E-state index is -0.241. The predicted octanol–water partition coefficient (Wildman–Crippen LogP) is 0.613. The van der Waals surface area contributed by atoms with E-state index in [-0.39, 0.29) is 30.9 Å². The van der Waals surface area contributed by atoms with Crippen molar-refractivity contribution in [2.45, 2.75) is 13.3 Å². The molecule has 0 aliphatic carbocycles. The summed E-state index contributed by atoms with van der Waals surface area (Å²) in [6.45, 7) is 2.54. The zero-order chi connectivity index (χ0) is 13.4. The van der Waals surface area contributed by atoms with Crippen molar-refractivity contribution in [1.29, 1.82) is 0 Å². The standard InChI is InChI=1S/C12H18N2O3S/c1-9(2-4-15)6-13-11(16)7-14-12(17)10-3-5-18-8-10/h3,5,8-9,15H,2,4,6-7H2,1H3,(H,13,16)(H,14,17). The Bertz CT molecular complexity index is 379. The first-order valence-electron chi connectivity index (χ1n) is 5.81. The Morgan fingerprint density at radius 3 is 2.83 bits per heavy atom. The molecule has 0 saturated heterocycles. The van der Waals surface area contributed by atoms with Gasteiger partial charge in [-0.1, -0.05) is 6.92 Å². The molecular formula is C12H18N2O3S. The van der Waals surface area contributed by atoms with Crippen LogP contribution in [0.25, 0.3) is 0 Å². The average molecular weight is 270 g/mol. The van der Waals surface area contributed by atoms with Crippen LogP contribution in [0.3, 0.4) is 0 Å². The van der Waals surface area contributed by atoms with Crippen molar-refractivity contribution in [3.63, 3.8) is 0 Å². The maximum absolute atomic E-state index is 11.5. The summed E-state index contributed by atoms with van der Waals surface area (Å²) in [5.74, 6) is -0.232. The second-order valence-electron chi connectivity index (χ2n) is 4.12. The van der Waals surface area contributed by atoms with E-state index in [4.69, 9.17) is 5.11 Å². The highest BCUT2D eigenvalue weighted by Crippen LogP contribution is 2.04. The monoisotopic (exact) mass is 270 g/mol. The summed E-state index contributed by atoms with van der Waals surface area (Å²) in [4.78, 5) is 23.0. The topological polar surface area (TPSA) is 78.4 Å². The molecule has 0 radical (unpaired) electrons. The fourth-order valence-corrected chi connectivity index (χ4v) is 1.97. The minimum Gasteiger partial charge on any atom is -0.396 e. The van der Waals surface area contributed by atoms with E-state index >= 15 is 0 Å². The lowest BCUT2D eigenvalue weighted by Gasteiger charge is -2.11. The maximum Gasteiger partial charge on any atom is 0.252 e. The number of thiophene rings is 1. The van der Waals surface area contributed by atoms with Gasteiger partial charge in [0.15, 0.2) is 0 Å². The predicted molar refractivity (Wildman–Crippen MR) is 70.5 cm³/mol. The summed E-state index contributed by atoms with van der Waals surface area (Å²) in [5, 5.41) is 17.5. The van der Waals surface area contributed by atoms with Gasteiger partial charge in [-0.05, 0) is 23.8 Å².